The maximum atomic E-state index is 12.8. The SMILES string of the molecule is CNCCN(C(C)C)S(=O)(=O)c1ccc(F)cc1. The summed E-state index contributed by atoms with van der Waals surface area (Å²) in [5.74, 6) is -0.444. The van der Waals surface area contributed by atoms with Gasteiger partial charge in [0.15, 0.2) is 0 Å². The molecular weight excluding hydrogens is 255 g/mol. The van der Waals surface area contributed by atoms with Crippen molar-refractivity contribution in [1.29, 1.82) is 0 Å². The normalized spacial score (nSPS) is 12.3. The van der Waals surface area contributed by atoms with Crippen LogP contribution in [0.1, 0.15) is 13.8 Å². The van der Waals surface area contributed by atoms with Gasteiger partial charge in [0.1, 0.15) is 5.82 Å². The van der Waals surface area contributed by atoms with Gasteiger partial charge in [-0.05, 0) is 45.2 Å². The second-order valence-electron chi connectivity index (χ2n) is 4.27. The highest BCUT2D eigenvalue weighted by Gasteiger charge is 2.26. The van der Waals surface area contributed by atoms with E-state index in [1.165, 1.54) is 16.4 Å². The number of hydrogen-bond donors (Lipinski definition) is 1. The van der Waals surface area contributed by atoms with Crippen molar-refractivity contribution in [2.75, 3.05) is 20.1 Å². The van der Waals surface area contributed by atoms with Crippen LogP contribution in [0.5, 0.6) is 0 Å². The van der Waals surface area contributed by atoms with Crippen LogP contribution in [-0.2, 0) is 10.0 Å². The summed E-state index contributed by atoms with van der Waals surface area (Å²) in [6, 6.07) is 4.75. The van der Waals surface area contributed by atoms with Gasteiger partial charge in [-0.2, -0.15) is 4.31 Å². The summed E-state index contributed by atoms with van der Waals surface area (Å²) in [5, 5.41) is 2.92. The van der Waals surface area contributed by atoms with Crippen LogP contribution in [0.3, 0.4) is 0 Å². The Bertz CT molecular complexity index is 471. The summed E-state index contributed by atoms with van der Waals surface area (Å²) in [5.41, 5.74) is 0. The summed E-state index contributed by atoms with van der Waals surface area (Å²) in [6.45, 7) is 4.58. The van der Waals surface area contributed by atoms with E-state index in [1.807, 2.05) is 13.8 Å². The minimum atomic E-state index is -3.56. The first-order chi connectivity index (χ1) is 8.39. The van der Waals surface area contributed by atoms with Crippen molar-refractivity contribution in [2.24, 2.45) is 0 Å². The molecule has 0 aromatic heterocycles. The van der Waals surface area contributed by atoms with Crippen LogP contribution in [0, 0.1) is 5.82 Å². The fraction of sp³-hybridized carbons (Fsp3) is 0.500. The summed E-state index contributed by atoms with van der Waals surface area (Å²) >= 11 is 0. The van der Waals surface area contributed by atoms with E-state index in [4.69, 9.17) is 0 Å². The first kappa shape index (κ1) is 15.1. The molecule has 18 heavy (non-hydrogen) atoms. The summed E-state index contributed by atoms with van der Waals surface area (Å²) in [7, 11) is -1.80. The van der Waals surface area contributed by atoms with Crippen LogP contribution in [0.4, 0.5) is 4.39 Å². The molecule has 0 amide bonds. The van der Waals surface area contributed by atoms with E-state index in [1.54, 1.807) is 7.05 Å². The highest BCUT2D eigenvalue weighted by molar-refractivity contribution is 7.89. The minimum Gasteiger partial charge on any atom is -0.318 e. The number of benzene rings is 1. The van der Waals surface area contributed by atoms with Crippen LogP contribution >= 0.6 is 0 Å². The molecule has 0 aliphatic carbocycles. The van der Waals surface area contributed by atoms with Crippen LogP contribution in [0.25, 0.3) is 0 Å². The van der Waals surface area contributed by atoms with E-state index in [-0.39, 0.29) is 10.9 Å². The number of halogens is 1. The maximum Gasteiger partial charge on any atom is 0.243 e. The zero-order chi connectivity index (χ0) is 13.8. The molecule has 0 spiro atoms. The van der Waals surface area contributed by atoms with Crippen LogP contribution in [0.2, 0.25) is 0 Å². The first-order valence-electron chi connectivity index (χ1n) is 5.81. The molecule has 0 aliphatic rings. The van der Waals surface area contributed by atoms with E-state index >= 15 is 0 Å². The smallest absolute Gasteiger partial charge is 0.243 e. The van der Waals surface area contributed by atoms with Crippen molar-refractivity contribution < 1.29 is 12.8 Å². The Morgan fingerprint density at radius 1 is 1.28 bits per heavy atom. The Morgan fingerprint density at radius 2 is 1.83 bits per heavy atom. The maximum absolute atomic E-state index is 12.8. The Balaban J connectivity index is 3.05. The van der Waals surface area contributed by atoms with Gasteiger partial charge in [0.05, 0.1) is 4.90 Å². The second kappa shape index (κ2) is 6.26. The summed E-state index contributed by atoms with van der Waals surface area (Å²) in [6.07, 6.45) is 0. The van der Waals surface area contributed by atoms with E-state index in [0.29, 0.717) is 13.1 Å². The first-order valence-corrected chi connectivity index (χ1v) is 7.25. The molecule has 0 radical (unpaired) electrons. The third kappa shape index (κ3) is 3.51. The topological polar surface area (TPSA) is 49.4 Å². The molecule has 0 unspecified atom stereocenters. The fourth-order valence-electron chi connectivity index (χ4n) is 1.62. The molecule has 4 nitrogen and oxygen atoms in total. The third-order valence-electron chi connectivity index (χ3n) is 2.58. The highest BCUT2D eigenvalue weighted by Crippen LogP contribution is 2.18. The molecule has 6 heteroatoms. The van der Waals surface area contributed by atoms with Crippen molar-refractivity contribution in [2.45, 2.75) is 24.8 Å². The number of hydrogen-bond acceptors (Lipinski definition) is 3. The van der Waals surface area contributed by atoms with Gasteiger partial charge in [-0.3, -0.25) is 0 Å². The zero-order valence-electron chi connectivity index (χ0n) is 10.9. The quantitative estimate of drug-likeness (QED) is 0.854. The monoisotopic (exact) mass is 274 g/mol. The third-order valence-corrected chi connectivity index (χ3v) is 4.67. The molecule has 0 heterocycles. The van der Waals surface area contributed by atoms with Crippen LogP contribution in [-0.4, -0.2) is 38.9 Å². The Hall–Kier alpha value is -0.980. The van der Waals surface area contributed by atoms with Gasteiger partial charge < -0.3 is 5.32 Å². The number of nitrogens with one attached hydrogen (secondary N) is 1. The molecule has 1 aromatic rings. The van der Waals surface area contributed by atoms with E-state index in [9.17, 15) is 12.8 Å². The standard InChI is InChI=1S/C12H19FN2O2S/c1-10(2)15(9-8-14-3)18(16,17)12-6-4-11(13)5-7-12/h4-7,10,14H,8-9H2,1-3H3. The molecule has 1 rings (SSSR count). The molecule has 0 aliphatic heterocycles. The Morgan fingerprint density at radius 3 is 2.28 bits per heavy atom. The van der Waals surface area contributed by atoms with Crippen molar-refractivity contribution in [3.8, 4) is 0 Å². The predicted octanol–water partition coefficient (Wildman–Crippen LogP) is 1.44. The van der Waals surface area contributed by atoms with Gasteiger partial charge in [-0.15, -0.1) is 0 Å². The van der Waals surface area contributed by atoms with E-state index in [2.05, 4.69) is 5.32 Å². The number of likely N-dealkylation sites (N-methyl/N-ethyl adjacent to an activating group) is 1. The molecule has 0 saturated heterocycles. The summed E-state index contributed by atoms with van der Waals surface area (Å²) in [4.78, 5) is 0.119. The van der Waals surface area contributed by atoms with Crippen LogP contribution in [0.15, 0.2) is 29.2 Å². The molecule has 0 bridgehead atoms. The lowest BCUT2D eigenvalue weighted by atomic mass is 10.4. The lowest BCUT2D eigenvalue weighted by Crippen LogP contribution is -2.40. The molecule has 1 N–H and O–H groups in total. The van der Waals surface area contributed by atoms with Crippen molar-refractivity contribution in [3.05, 3.63) is 30.1 Å². The highest BCUT2D eigenvalue weighted by atomic mass is 32.2. The van der Waals surface area contributed by atoms with Gasteiger partial charge in [-0.25, -0.2) is 12.8 Å². The average molecular weight is 274 g/mol. The van der Waals surface area contributed by atoms with Gasteiger partial charge in [-0.1, -0.05) is 0 Å². The van der Waals surface area contributed by atoms with E-state index < -0.39 is 15.8 Å². The predicted molar refractivity (Wildman–Crippen MR) is 69.4 cm³/mol. The average Bonchev–Trinajstić information content (AvgIpc) is 2.29. The fourth-order valence-corrected chi connectivity index (χ4v) is 3.26. The largest absolute Gasteiger partial charge is 0.318 e. The van der Waals surface area contributed by atoms with Gasteiger partial charge >= 0.3 is 0 Å². The number of nitrogens with zero attached hydrogens (tertiary/aromatic N) is 1. The molecule has 102 valence electrons. The van der Waals surface area contributed by atoms with Gasteiger partial charge in [0.25, 0.3) is 0 Å². The molecule has 1 aromatic carbocycles. The van der Waals surface area contributed by atoms with Crippen molar-refractivity contribution >= 4 is 10.0 Å². The van der Waals surface area contributed by atoms with Gasteiger partial charge in [0.2, 0.25) is 10.0 Å². The van der Waals surface area contributed by atoms with Crippen molar-refractivity contribution in [1.82, 2.24) is 9.62 Å². The number of rotatable bonds is 6. The lowest BCUT2D eigenvalue weighted by molar-refractivity contribution is 0.354. The van der Waals surface area contributed by atoms with E-state index in [0.717, 1.165) is 12.1 Å². The van der Waals surface area contributed by atoms with Gasteiger partial charge in [0, 0.05) is 19.1 Å². The Kier molecular flexibility index (Phi) is 5.25. The Labute approximate surface area is 108 Å². The minimum absolute atomic E-state index is 0.119. The van der Waals surface area contributed by atoms with Crippen LogP contribution < -0.4 is 5.32 Å². The van der Waals surface area contributed by atoms with Crippen molar-refractivity contribution in [3.63, 3.8) is 0 Å². The zero-order valence-corrected chi connectivity index (χ0v) is 11.7. The lowest BCUT2D eigenvalue weighted by Gasteiger charge is -2.25. The molecule has 0 atom stereocenters. The second-order valence-corrected chi connectivity index (χ2v) is 6.16. The molecular formula is C12H19FN2O2S. The summed E-state index contributed by atoms with van der Waals surface area (Å²) < 4.78 is 39.0. The molecule has 0 fully saturated rings. The number of sulfonamides is 1. The molecule has 0 saturated carbocycles.